The van der Waals surface area contributed by atoms with Gasteiger partial charge in [-0.2, -0.15) is 10.5 Å². The molecule has 0 bridgehead atoms. The van der Waals surface area contributed by atoms with Crippen LogP contribution in [0, 0.1) is 57.2 Å². The quantitative estimate of drug-likeness (QED) is 0.642. The molecule has 1 aromatic carbocycles. The van der Waals surface area contributed by atoms with Gasteiger partial charge in [0.25, 0.3) is 0 Å². The largest absolute Gasteiger partial charge is 0.342 e. The van der Waals surface area contributed by atoms with Gasteiger partial charge in [-0.15, -0.1) is 0 Å². The number of amides is 1. The fourth-order valence-electron chi connectivity index (χ4n) is 6.30. The molecule has 0 radical (unpaired) electrons. The van der Waals surface area contributed by atoms with Gasteiger partial charge in [-0.25, -0.2) is 0 Å². The second-order valence-corrected chi connectivity index (χ2v) is 11.5. The van der Waals surface area contributed by atoms with E-state index in [9.17, 15) is 15.3 Å². The van der Waals surface area contributed by atoms with Crippen molar-refractivity contribution in [3.05, 3.63) is 35.9 Å². The molecule has 166 valence electrons. The first-order valence-electron chi connectivity index (χ1n) is 11.6. The van der Waals surface area contributed by atoms with Gasteiger partial charge in [0.15, 0.2) is 5.41 Å². The SMILES string of the molecule is C[C@@H]1CC[C@@H](C(C)(C)c2ccccc2)[C@H](N(C)C(=O)[C@H]2[C@H](C(C)(C)C)C2(C#N)C#N)C1. The van der Waals surface area contributed by atoms with Crippen molar-refractivity contribution in [3.8, 4) is 12.1 Å². The highest BCUT2D eigenvalue weighted by Crippen LogP contribution is 2.66. The third-order valence-electron chi connectivity index (χ3n) is 8.14. The van der Waals surface area contributed by atoms with Gasteiger partial charge >= 0.3 is 0 Å². The van der Waals surface area contributed by atoms with Crippen LogP contribution in [0.1, 0.15) is 66.4 Å². The fraction of sp³-hybridized carbons (Fsp3) is 0.667. The second kappa shape index (κ2) is 7.98. The van der Waals surface area contributed by atoms with Crippen molar-refractivity contribution in [2.75, 3.05) is 7.05 Å². The van der Waals surface area contributed by atoms with E-state index in [1.807, 2.05) is 38.8 Å². The van der Waals surface area contributed by atoms with Crippen LogP contribution in [0.5, 0.6) is 0 Å². The van der Waals surface area contributed by atoms with E-state index in [1.165, 1.54) is 5.56 Å². The van der Waals surface area contributed by atoms with E-state index in [4.69, 9.17) is 0 Å². The molecule has 2 aliphatic carbocycles. The number of nitrogens with zero attached hydrogens (tertiary/aromatic N) is 3. The van der Waals surface area contributed by atoms with Crippen LogP contribution in [-0.2, 0) is 10.2 Å². The number of benzene rings is 1. The zero-order chi connectivity index (χ0) is 23.2. The standard InChI is InChI=1S/C27H37N3O/c1-18-13-14-20(26(5,6)19-11-9-8-10-12-19)21(15-18)30(7)24(31)22-23(25(2,3)4)27(22,16-28)17-29/h8-12,18,20-23H,13-15H2,1-7H3/t18-,20-,21-,22-,23-/m1/s1. The molecule has 0 N–H and O–H groups in total. The highest BCUT2D eigenvalue weighted by molar-refractivity contribution is 5.86. The number of hydrogen-bond acceptors (Lipinski definition) is 3. The Labute approximate surface area is 188 Å². The van der Waals surface area contributed by atoms with Crippen LogP contribution in [0.2, 0.25) is 0 Å². The maximum Gasteiger partial charge on any atom is 0.228 e. The Bertz CT molecular complexity index is 885. The molecule has 0 heterocycles. The highest BCUT2D eigenvalue weighted by Gasteiger charge is 2.74. The van der Waals surface area contributed by atoms with Crippen molar-refractivity contribution in [2.45, 2.75) is 72.3 Å². The normalized spacial score (nSPS) is 30.0. The molecule has 31 heavy (non-hydrogen) atoms. The summed E-state index contributed by atoms with van der Waals surface area (Å²) in [6, 6.07) is 15.1. The minimum Gasteiger partial charge on any atom is -0.342 e. The molecule has 0 aliphatic heterocycles. The number of hydrogen-bond donors (Lipinski definition) is 0. The van der Waals surface area contributed by atoms with E-state index in [0.29, 0.717) is 11.8 Å². The van der Waals surface area contributed by atoms with Crippen molar-refractivity contribution in [3.63, 3.8) is 0 Å². The number of carbonyl (C=O) groups is 1. The summed E-state index contributed by atoms with van der Waals surface area (Å²) in [5.74, 6) is 0.0793. The fourth-order valence-corrected chi connectivity index (χ4v) is 6.30. The van der Waals surface area contributed by atoms with Gasteiger partial charge in [-0.1, -0.05) is 78.3 Å². The van der Waals surface area contributed by atoms with Crippen molar-refractivity contribution < 1.29 is 4.79 Å². The lowest BCUT2D eigenvalue weighted by molar-refractivity contribution is -0.137. The Hall–Kier alpha value is -2.33. The second-order valence-electron chi connectivity index (χ2n) is 11.5. The maximum atomic E-state index is 13.7. The van der Waals surface area contributed by atoms with Crippen LogP contribution in [-0.4, -0.2) is 23.9 Å². The van der Waals surface area contributed by atoms with Crippen molar-refractivity contribution in [2.24, 2.45) is 34.5 Å². The predicted molar refractivity (Wildman–Crippen MR) is 123 cm³/mol. The van der Waals surface area contributed by atoms with Gasteiger partial charge in [0.05, 0.1) is 18.1 Å². The van der Waals surface area contributed by atoms with E-state index in [0.717, 1.165) is 19.3 Å². The van der Waals surface area contributed by atoms with E-state index in [1.54, 1.807) is 0 Å². The van der Waals surface area contributed by atoms with Crippen LogP contribution in [0.15, 0.2) is 30.3 Å². The molecule has 5 atom stereocenters. The summed E-state index contributed by atoms with van der Waals surface area (Å²) in [6.45, 7) is 12.9. The Balaban J connectivity index is 1.93. The summed E-state index contributed by atoms with van der Waals surface area (Å²) in [5.41, 5.74) is -0.249. The molecule has 0 saturated heterocycles. The lowest BCUT2D eigenvalue weighted by atomic mass is 9.63. The predicted octanol–water partition coefficient (Wildman–Crippen LogP) is 5.55. The lowest BCUT2D eigenvalue weighted by Gasteiger charge is -2.48. The molecule has 1 amide bonds. The van der Waals surface area contributed by atoms with Crippen molar-refractivity contribution >= 4 is 5.91 Å². The minimum atomic E-state index is -1.20. The monoisotopic (exact) mass is 419 g/mol. The Morgan fingerprint density at radius 2 is 1.65 bits per heavy atom. The van der Waals surface area contributed by atoms with E-state index >= 15 is 0 Å². The van der Waals surface area contributed by atoms with Crippen LogP contribution < -0.4 is 0 Å². The summed E-state index contributed by atoms with van der Waals surface area (Å²) < 4.78 is 0. The third-order valence-corrected chi connectivity index (χ3v) is 8.14. The molecule has 2 fully saturated rings. The van der Waals surface area contributed by atoms with E-state index < -0.39 is 11.3 Å². The smallest absolute Gasteiger partial charge is 0.228 e. The first kappa shape index (κ1) is 23.3. The van der Waals surface area contributed by atoms with Crippen LogP contribution >= 0.6 is 0 Å². The topological polar surface area (TPSA) is 67.9 Å². The molecule has 0 spiro atoms. The zero-order valence-corrected chi connectivity index (χ0v) is 20.1. The highest BCUT2D eigenvalue weighted by atomic mass is 16.2. The van der Waals surface area contributed by atoms with Crippen molar-refractivity contribution in [1.29, 1.82) is 10.5 Å². The summed E-state index contributed by atoms with van der Waals surface area (Å²) in [7, 11) is 1.90. The molecular formula is C27H37N3O. The van der Waals surface area contributed by atoms with Crippen molar-refractivity contribution in [1.82, 2.24) is 4.90 Å². The summed E-state index contributed by atoms with van der Waals surface area (Å²) in [6.07, 6.45) is 3.19. The first-order chi connectivity index (χ1) is 14.4. The minimum absolute atomic E-state index is 0.0315. The Kier molecular flexibility index (Phi) is 6.01. The summed E-state index contributed by atoms with van der Waals surface area (Å²) in [5, 5.41) is 19.7. The van der Waals surface area contributed by atoms with Gasteiger partial charge in [-0.05, 0) is 41.1 Å². The zero-order valence-electron chi connectivity index (χ0n) is 20.1. The molecule has 3 rings (SSSR count). The van der Waals surface area contributed by atoms with Gasteiger partial charge < -0.3 is 4.90 Å². The van der Waals surface area contributed by atoms with E-state index in [2.05, 4.69) is 57.2 Å². The maximum absolute atomic E-state index is 13.7. The lowest BCUT2D eigenvalue weighted by Crippen LogP contribution is -2.51. The van der Waals surface area contributed by atoms with E-state index in [-0.39, 0.29) is 28.7 Å². The molecule has 4 nitrogen and oxygen atoms in total. The molecule has 2 saturated carbocycles. The molecule has 0 aromatic heterocycles. The number of rotatable bonds is 4. The average molecular weight is 420 g/mol. The Morgan fingerprint density at radius 3 is 2.13 bits per heavy atom. The van der Waals surface area contributed by atoms with Crippen LogP contribution in [0.25, 0.3) is 0 Å². The molecule has 4 heteroatoms. The van der Waals surface area contributed by atoms with Crippen LogP contribution in [0.3, 0.4) is 0 Å². The van der Waals surface area contributed by atoms with Gasteiger partial charge in [0.1, 0.15) is 0 Å². The van der Waals surface area contributed by atoms with Gasteiger partial charge in [-0.3, -0.25) is 4.79 Å². The summed E-state index contributed by atoms with van der Waals surface area (Å²) in [4.78, 5) is 15.6. The third kappa shape index (κ3) is 3.87. The van der Waals surface area contributed by atoms with Gasteiger partial charge in [0.2, 0.25) is 5.91 Å². The molecular weight excluding hydrogens is 382 g/mol. The first-order valence-corrected chi connectivity index (χ1v) is 11.6. The van der Waals surface area contributed by atoms with Gasteiger partial charge in [0, 0.05) is 19.0 Å². The molecule has 0 unspecified atom stereocenters. The van der Waals surface area contributed by atoms with Crippen LogP contribution in [0.4, 0.5) is 0 Å². The molecule has 2 aliphatic rings. The average Bonchev–Trinajstić information content (AvgIpc) is 3.43. The Morgan fingerprint density at radius 1 is 1.06 bits per heavy atom. The number of nitriles is 2. The summed E-state index contributed by atoms with van der Waals surface area (Å²) >= 11 is 0. The number of carbonyl (C=O) groups excluding carboxylic acids is 1. The molecule has 1 aromatic rings.